The number of benzene rings is 1. The number of hydrogen-bond acceptors (Lipinski definition) is 4. The molecule has 0 bridgehead atoms. The van der Waals surface area contributed by atoms with Crippen molar-refractivity contribution in [1.82, 2.24) is 0 Å². The summed E-state index contributed by atoms with van der Waals surface area (Å²) in [5, 5.41) is 0. The Kier molecular flexibility index (Phi) is 6.64. The Morgan fingerprint density at radius 2 is 1.53 bits per heavy atom. The molecule has 19 heavy (non-hydrogen) atoms. The highest BCUT2D eigenvalue weighted by Crippen LogP contribution is 2.27. The van der Waals surface area contributed by atoms with Crippen LogP contribution in [-0.2, 0) is 9.59 Å². The van der Waals surface area contributed by atoms with E-state index < -0.39 is 0 Å². The maximum atomic E-state index is 11.6. The van der Waals surface area contributed by atoms with Gasteiger partial charge >= 0.3 is 11.9 Å². The molecule has 4 heteroatoms. The zero-order valence-electron chi connectivity index (χ0n) is 11.5. The molecule has 0 saturated carbocycles. The highest BCUT2D eigenvalue weighted by Gasteiger charge is 2.11. The number of hydrogen-bond donors (Lipinski definition) is 0. The summed E-state index contributed by atoms with van der Waals surface area (Å²) in [6, 6.07) is 6.70. The first kappa shape index (κ1) is 15.2. The van der Waals surface area contributed by atoms with E-state index in [9.17, 15) is 9.59 Å². The van der Waals surface area contributed by atoms with Crippen LogP contribution in [0.1, 0.15) is 46.0 Å². The number of carbonyl (C=O) groups excluding carboxylic acids is 2. The zero-order chi connectivity index (χ0) is 14.1. The lowest BCUT2D eigenvalue weighted by Gasteiger charge is -2.09. The van der Waals surface area contributed by atoms with Crippen LogP contribution in [0.3, 0.4) is 0 Å². The van der Waals surface area contributed by atoms with Gasteiger partial charge in [-0.05, 0) is 18.6 Å². The van der Waals surface area contributed by atoms with Crippen molar-refractivity contribution in [2.45, 2.75) is 46.0 Å². The van der Waals surface area contributed by atoms with Crippen LogP contribution >= 0.6 is 0 Å². The average Bonchev–Trinajstić information content (AvgIpc) is 2.41. The molecule has 0 aliphatic rings. The van der Waals surface area contributed by atoms with Crippen molar-refractivity contribution in [3.63, 3.8) is 0 Å². The monoisotopic (exact) mass is 264 g/mol. The Morgan fingerprint density at radius 1 is 0.947 bits per heavy atom. The van der Waals surface area contributed by atoms with Gasteiger partial charge in [0.1, 0.15) is 0 Å². The van der Waals surface area contributed by atoms with E-state index in [1.165, 1.54) is 0 Å². The lowest BCUT2D eigenvalue weighted by atomic mass is 10.2. The van der Waals surface area contributed by atoms with Gasteiger partial charge in [0.15, 0.2) is 11.5 Å². The normalized spacial score (nSPS) is 10.0. The maximum absolute atomic E-state index is 11.6. The van der Waals surface area contributed by atoms with E-state index in [1.54, 1.807) is 31.2 Å². The summed E-state index contributed by atoms with van der Waals surface area (Å²) in [4.78, 5) is 22.9. The molecule has 1 aromatic carbocycles. The van der Waals surface area contributed by atoms with Crippen molar-refractivity contribution in [1.29, 1.82) is 0 Å². The third-order valence-electron chi connectivity index (χ3n) is 2.57. The molecule has 1 rings (SSSR count). The molecule has 0 saturated heterocycles. The van der Waals surface area contributed by atoms with Gasteiger partial charge in [-0.2, -0.15) is 0 Å². The van der Waals surface area contributed by atoms with Gasteiger partial charge in [-0.1, -0.05) is 38.8 Å². The average molecular weight is 264 g/mol. The van der Waals surface area contributed by atoms with E-state index in [0.29, 0.717) is 12.2 Å². The number of carbonyl (C=O) groups is 2. The zero-order valence-corrected chi connectivity index (χ0v) is 11.5. The Bertz CT molecular complexity index is 426. The highest BCUT2D eigenvalue weighted by molar-refractivity contribution is 5.75. The van der Waals surface area contributed by atoms with E-state index in [4.69, 9.17) is 9.47 Å². The third kappa shape index (κ3) is 5.55. The van der Waals surface area contributed by atoms with Crippen LogP contribution in [0.5, 0.6) is 11.5 Å². The van der Waals surface area contributed by atoms with E-state index in [0.717, 1.165) is 19.3 Å². The molecule has 0 N–H and O–H groups in total. The Hall–Kier alpha value is -1.84. The number of unbranched alkanes of at least 4 members (excludes halogenated alkanes) is 2. The summed E-state index contributed by atoms with van der Waals surface area (Å²) < 4.78 is 10.3. The molecule has 0 fully saturated rings. The number of rotatable bonds is 7. The fraction of sp³-hybridized carbons (Fsp3) is 0.467. The van der Waals surface area contributed by atoms with Crippen LogP contribution in [0, 0.1) is 0 Å². The van der Waals surface area contributed by atoms with E-state index in [1.807, 2.05) is 0 Å². The predicted octanol–water partition coefficient (Wildman–Crippen LogP) is 3.49. The Morgan fingerprint density at radius 3 is 2.05 bits per heavy atom. The van der Waals surface area contributed by atoms with Gasteiger partial charge in [-0.3, -0.25) is 9.59 Å². The van der Waals surface area contributed by atoms with Crippen molar-refractivity contribution in [3.8, 4) is 11.5 Å². The summed E-state index contributed by atoms with van der Waals surface area (Å²) in [5.41, 5.74) is 0. The van der Waals surface area contributed by atoms with E-state index in [-0.39, 0.29) is 24.1 Å². The van der Waals surface area contributed by atoms with Crippen LogP contribution in [0.4, 0.5) is 0 Å². The second-order valence-corrected chi connectivity index (χ2v) is 4.21. The number of esters is 2. The Balaban J connectivity index is 2.61. The van der Waals surface area contributed by atoms with E-state index in [2.05, 4.69) is 6.92 Å². The quantitative estimate of drug-likeness (QED) is 0.430. The number of para-hydroxylation sites is 2. The molecule has 4 nitrogen and oxygen atoms in total. The summed E-state index contributed by atoms with van der Waals surface area (Å²) in [7, 11) is 0. The van der Waals surface area contributed by atoms with Crippen molar-refractivity contribution < 1.29 is 19.1 Å². The first-order valence-corrected chi connectivity index (χ1v) is 6.67. The lowest BCUT2D eigenvalue weighted by Crippen LogP contribution is -2.11. The summed E-state index contributed by atoms with van der Waals surface area (Å²) in [5.74, 6) is -0.0630. The first-order chi connectivity index (χ1) is 9.17. The summed E-state index contributed by atoms with van der Waals surface area (Å²) >= 11 is 0. The van der Waals surface area contributed by atoms with Crippen LogP contribution in [0.25, 0.3) is 0 Å². The van der Waals surface area contributed by atoms with Gasteiger partial charge in [0, 0.05) is 12.8 Å². The van der Waals surface area contributed by atoms with Gasteiger partial charge < -0.3 is 9.47 Å². The van der Waals surface area contributed by atoms with E-state index >= 15 is 0 Å². The fourth-order valence-electron chi connectivity index (χ4n) is 1.51. The second-order valence-electron chi connectivity index (χ2n) is 4.21. The fourth-order valence-corrected chi connectivity index (χ4v) is 1.51. The van der Waals surface area contributed by atoms with Crippen LogP contribution in [-0.4, -0.2) is 11.9 Å². The smallest absolute Gasteiger partial charge is 0.311 e. The Labute approximate surface area is 113 Å². The SMILES string of the molecule is CCCCCC(=O)Oc1ccccc1OC(=O)CC. The largest absolute Gasteiger partial charge is 0.423 e. The molecular weight excluding hydrogens is 244 g/mol. The molecule has 0 aliphatic heterocycles. The molecule has 104 valence electrons. The van der Waals surface area contributed by atoms with Crippen LogP contribution < -0.4 is 9.47 Å². The molecule has 0 aliphatic carbocycles. The van der Waals surface area contributed by atoms with Crippen molar-refractivity contribution in [2.24, 2.45) is 0 Å². The summed E-state index contributed by atoms with van der Waals surface area (Å²) in [6.45, 7) is 3.78. The molecule has 0 unspecified atom stereocenters. The van der Waals surface area contributed by atoms with Gasteiger partial charge in [0.2, 0.25) is 0 Å². The van der Waals surface area contributed by atoms with Crippen LogP contribution in [0.2, 0.25) is 0 Å². The first-order valence-electron chi connectivity index (χ1n) is 6.67. The van der Waals surface area contributed by atoms with Gasteiger partial charge in [0.25, 0.3) is 0 Å². The van der Waals surface area contributed by atoms with Crippen molar-refractivity contribution in [3.05, 3.63) is 24.3 Å². The molecule has 0 aromatic heterocycles. The molecule has 0 heterocycles. The third-order valence-corrected chi connectivity index (χ3v) is 2.57. The molecule has 0 amide bonds. The van der Waals surface area contributed by atoms with Gasteiger partial charge in [-0.25, -0.2) is 0 Å². The van der Waals surface area contributed by atoms with Crippen LogP contribution in [0.15, 0.2) is 24.3 Å². The molecule has 0 radical (unpaired) electrons. The minimum Gasteiger partial charge on any atom is -0.423 e. The van der Waals surface area contributed by atoms with Crippen molar-refractivity contribution in [2.75, 3.05) is 0 Å². The predicted molar refractivity (Wildman–Crippen MR) is 72.1 cm³/mol. The molecule has 1 aromatic rings. The minimum atomic E-state index is -0.352. The second kappa shape index (κ2) is 8.29. The lowest BCUT2D eigenvalue weighted by molar-refractivity contribution is -0.137. The summed E-state index contributed by atoms with van der Waals surface area (Å²) in [6.07, 6.45) is 3.52. The standard InChI is InChI=1S/C15H20O4/c1-3-5-6-11-15(17)19-13-10-8-7-9-12(13)18-14(16)4-2/h7-10H,3-6,11H2,1-2H3. The molecular formula is C15H20O4. The molecule has 0 atom stereocenters. The van der Waals surface area contributed by atoms with Crippen molar-refractivity contribution >= 4 is 11.9 Å². The maximum Gasteiger partial charge on any atom is 0.311 e. The highest BCUT2D eigenvalue weighted by atomic mass is 16.6. The topological polar surface area (TPSA) is 52.6 Å². The van der Waals surface area contributed by atoms with Gasteiger partial charge in [-0.15, -0.1) is 0 Å². The van der Waals surface area contributed by atoms with Gasteiger partial charge in [0.05, 0.1) is 0 Å². The number of ether oxygens (including phenoxy) is 2. The minimum absolute atomic E-state index is 0.277. The molecule has 0 spiro atoms.